The summed E-state index contributed by atoms with van der Waals surface area (Å²) in [6, 6.07) is 2.74. The molecule has 2 heteroatoms. The smallest absolute Gasteiger partial charge is 0.0812 e. The van der Waals surface area contributed by atoms with Crippen molar-refractivity contribution in [3.05, 3.63) is 23.0 Å². The molecule has 2 rings (SSSR count). The molecule has 0 spiro atoms. The van der Waals surface area contributed by atoms with Crippen LogP contribution in [0, 0.1) is 18.3 Å². The van der Waals surface area contributed by atoms with Crippen molar-refractivity contribution in [2.24, 2.45) is 11.3 Å². The van der Waals surface area contributed by atoms with Crippen LogP contribution in [-0.2, 0) is 6.42 Å². The Bertz CT molecular complexity index is 470. The summed E-state index contributed by atoms with van der Waals surface area (Å²) in [7, 11) is 0. The van der Waals surface area contributed by atoms with Crippen LogP contribution in [0.15, 0.2) is 6.07 Å². The maximum atomic E-state index is 10.4. The van der Waals surface area contributed by atoms with Crippen LogP contribution in [0.1, 0.15) is 83.0 Å². The van der Waals surface area contributed by atoms with Gasteiger partial charge in [0.1, 0.15) is 0 Å². The van der Waals surface area contributed by atoms with Gasteiger partial charge in [0.15, 0.2) is 0 Å². The molecule has 0 fully saturated rings. The van der Waals surface area contributed by atoms with E-state index in [1.807, 2.05) is 0 Å². The van der Waals surface area contributed by atoms with Gasteiger partial charge in [0.2, 0.25) is 0 Å². The molecule has 0 radical (unpaired) electrons. The molecule has 2 unspecified atom stereocenters. The highest BCUT2D eigenvalue weighted by Crippen LogP contribution is 2.43. The number of hydrogen-bond donors (Lipinski definition) is 1. The standard InChI is InChI=1S/C18H31NO/c1-12(2)7-8-13(3)19-14(4)9-15-16(19)10-18(5,6)11-17(15)20/h9,12-13,17,20H,7-8,10-11H2,1-6H3. The van der Waals surface area contributed by atoms with Crippen molar-refractivity contribution in [1.82, 2.24) is 4.57 Å². The van der Waals surface area contributed by atoms with E-state index in [2.05, 4.69) is 52.2 Å². The second-order valence-electron chi connectivity index (χ2n) is 7.94. The fraction of sp³-hybridized carbons (Fsp3) is 0.778. The second kappa shape index (κ2) is 5.55. The Kier molecular flexibility index (Phi) is 4.34. The van der Waals surface area contributed by atoms with Crippen LogP contribution >= 0.6 is 0 Å². The Hall–Kier alpha value is -0.760. The van der Waals surface area contributed by atoms with Crippen LogP contribution < -0.4 is 0 Å². The van der Waals surface area contributed by atoms with Crippen LogP contribution in [0.25, 0.3) is 0 Å². The average molecular weight is 277 g/mol. The molecule has 114 valence electrons. The fourth-order valence-electron chi connectivity index (χ4n) is 3.68. The molecule has 20 heavy (non-hydrogen) atoms. The number of hydrogen-bond acceptors (Lipinski definition) is 1. The molecule has 1 aliphatic rings. The maximum absolute atomic E-state index is 10.4. The van der Waals surface area contributed by atoms with Crippen molar-refractivity contribution in [1.29, 1.82) is 0 Å². The summed E-state index contributed by atoms with van der Waals surface area (Å²) in [4.78, 5) is 0. The van der Waals surface area contributed by atoms with Crippen molar-refractivity contribution in [2.75, 3.05) is 0 Å². The normalized spacial score (nSPS) is 22.9. The van der Waals surface area contributed by atoms with Gasteiger partial charge in [-0.1, -0.05) is 27.7 Å². The van der Waals surface area contributed by atoms with E-state index in [1.165, 1.54) is 29.8 Å². The van der Waals surface area contributed by atoms with Gasteiger partial charge in [-0.2, -0.15) is 0 Å². The predicted octanol–water partition coefficient (Wildman–Crippen LogP) is 4.80. The molecule has 1 N–H and O–H groups in total. The highest BCUT2D eigenvalue weighted by atomic mass is 16.3. The van der Waals surface area contributed by atoms with E-state index >= 15 is 0 Å². The van der Waals surface area contributed by atoms with Gasteiger partial charge in [-0.05, 0) is 56.9 Å². The van der Waals surface area contributed by atoms with Crippen molar-refractivity contribution in [3.8, 4) is 0 Å². The molecule has 0 saturated heterocycles. The minimum absolute atomic E-state index is 0.201. The number of aromatic nitrogens is 1. The lowest BCUT2D eigenvalue weighted by Crippen LogP contribution is -2.27. The van der Waals surface area contributed by atoms with Crippen LogP contribution in [-0.4, -0.2) is 9.67 Å². The number of aryl methyl sites for hydroxylation is 1. The van der Waals surface area contributed by atoms with Gasteiger partial charge in [0, 0.05) is 23.0 Å². The molecular formula is C18H31NO. The maximum Gasteiger partial charge on any atom is 0.0812 e. The number of aliphatic hydroxyl groups excluding tert-OH is 1. The molecule has 2 nitrogen and oxygen atoms in total. The average Bonchev–Trinajstić information content (AvgIpc) is 2.61. The van der Waals surface area contributed by atoms with Crippen molar-refractivity contribution < 1.29 is 5.11 Å². The molecule has 1 heterocycles. The summed E-state index contributed by atoms with van der Waals surface area (Å²) < 4.78 is 2.49. The fourth-order valence-corrected chi connectivity index (χ4v) is 3.68. The molecule has 0 aromatic carbocycles. The SMILES string of the molecule is Cc1cc2c(n1C(C)CCC(C)C)CC(C)(C)CC2O. The van der Waals surface area contributed by atoms with E-state index in [9.17, 15) is 5.11 Å². The van der Waals surface area contributed by atoms with Gasteiger partial charge in [0.25, 0.3) is 0 Å². The zero-order chi connectivity index (χ0) is 15.1. The summed E-state index contributed by atoms with van der Waals surface area (Å²) in [5.74, 6) is 0.756. The number of nitrogens with zero attached hydrogens (tertiary/aromatic N) is 1. The Labute approximate surface area is 124 Å². The van der Waals surface area contributed by atoms with E-state index in [1.54, 1.807) is 0 Å². The van der Waals surface area contributed by atoms with E-state index in [0.717, 1.165) is 18.8 Å². The third-order valence-corrected chi connectivity index (χ3v) is 4.72. The summed E-state index contributed by atoms with van der Waals surface area (Å²) >= 11 is 0. The van der Waals surface area contributed by atoms with Gasteiger partial charge in [-0.3, -0.25) is 0 Å². The molecular weight excluding hydrogens is 246 g/mol. The first-order valence-electron chi connectivity index (χ1n) is 8.10. The summed E-state index contributed by atoms with van der Waals surface area (Å²) in [5.41, 5.74) is 4.07. The minimum atomic E-state index is -0.286. The van der Waals surface area contributed by atoms with Gasteiger partial charge in [-0.15, -0.1) is 0 Å². The van der Waals surface area contributed by atoms with E-state index in [0.29, 0.717) is 6.04 Å². The van der Waals surface area contributed by atoms with Gasteiger partial charge >= 0.3 is 0 Å². The van der Waals surface area contributed by atoms with Gasteiger partial charge < -0.3 is 9.67 Å². The number of rotatable bonds is 4. The first kappa shape index (κ1) is 15.6. The zero-order valence-electron chi connectivity index (χ0n) is 14.0. The predicted molar refractivity (Wildman–Crippen MR) is 85.0 cm³/mol. The monoisotopic (exact) mass is 277 g/mol. The highest BCUT2D eigenvalue weighted by Gasteiger charge is 2.34. The Balaban J connectivity index is 2.31. The summed E-state index contributed by atoms with van der Waals surface area (Å²) in [6.07, 6.45) is 4.16. The topological polar surface area (TPSA) is 25.2 Å². The Morgan fingerprint density at radius 3 is 2.55 bits per heavy atom. The number of fused-ring (bicyclic) bond motifs is 1. The van der Waals surface area contributed by atoms with Crippen LogP contribution in [0.4, 0.5) is 0 Å². The lowest BCUT2D eigenvalue weighted by Gasteiger charge is -2.35. The summed E-state index contributed by atoms with van der Waals surface area (Å²) in [5, 5.41) is 10.4. The minimum Gasteiger partial charge on any atom is -0.388 e. The van der Waals surface area contributed by atoms with Gasteiger partial charge in [0.05, 0.1) is 6.10 Å². The Morgan fingerprint density at radius 2 is 1.95 bits per heavy atom. The molecule has 0 saturated carbocycles. The van der Waals surface area contributed by atoms with E-state index < -0.39 is 0 Å². The quantitative estimate of drug-likeness (QED) is 0.840. The largest absolute Gasteiger partial charge is 0.388 e. The van der Waals surface area contributed by atoms with Crippen LogP contribution in [0.3, 0.4) is 0 Å². The van der Waals surface area contributed by atoms with Gasteiger partial charge in [-0.25, -0.2) is 0 Å². The first-order chi connectivity index (χ1) is 9.21. The second-order valence-corrected chi connectivity index (χ2v) is 7.94. The van der Waals surface area contributed by atoms with Crippen LogP contribution in [0.5, 0.6) is 0 Å². The van der Waals surface area contributed by atoms with Crippen LogP contribution in [0.2, 0.25) is 0 Å². The molecule has 1 aromatic rings. The molecule has 1 aromatic heterocycles. The Morgan fingerprint density at radius 1 is 1.30 bits per heavy atom. The molecule has 2 atom stereocenters. The van der Waals surface area contributed by atoms with Crippen molar-refractivity contribution in [3.63, 3.8) is 0 Å². The third kappa shape index (κ3) is 3.11. The lowest BCUT2D eigenvalue weighted by atomic mass is 9.75. The highest BCUT2D eigenvalue weighted by molar-refractivity contribution is 5.33. The number of aliphatic hydroxyl groups is 1. The zero-order valence-corrected chi connectivity index (χ0v) is 14.0. The molecule has 0 amide bonds. The first-order valence-corrected chi connectivity index (χ1v) is 8.10. The van der Waals surface area contributed by atoms with E-state index in [-0.39, 0.29) is 11.5 Å². The lowest BCUT2D eigenvalue weighted by molar-refractivity contribution is 0.0974. The van der Waals surface area contributed by atoms with E-state index in [4.69, 9.17) is 0 Å². The van der Waals surface area contributed by atoms with Crippen molar-refractivity contribution >= 4 is 0 Å². The van der Waals surface area contributed by atoms with Crippen molar-refractivity contribution in [2.45, 2.75) is 79.4 Å². The molecule has 0 bridgehead atoms. The molecule has 0 aliphatic heterocycles. The summed E-state index contributed by atoms with van der Waals surface area (Å²) in [6.45, 7) is 13.6. The third-order valence-electron chi connectivity index (χ3n) is 4.72. The molecule has 1 aliphatic carbocycles.